The van der Waals surface area contributed by atoms with Crippen LogP contribution in [0.2, 0.25) is 0 Å². The van der Waals surface area contributed by atoms with E-state index in [4.69, 9.17) is 0 Å². The molecule has 1 aromatic heterocycles. The molecule has 0 unspecified atom stereocenters. The van der Waals surface area contributed by atoms with Crippen molar-refractivity contribution in [3.8, 4) is 5.75 Å². The van der Waals surface area contributed by atoms with Crippen LogP contribution in [0, 0.1) is 5.82 Å². The number of benzene rings is 1. The third-order valence-corrected chi connectivity index (χ3v) is 2.77. The SMILES string of the molecule is CNC(=O)Cn1cc(NCc2cccc(F)c2O)cn1. The molecule has 7 heteroatoms. The number of hydrogen-bond donors (Lipinski definition) is 3. The van der Waals surface area contributed by atoms with Gasteiger partial charge < -0.3 is 15.7 Å². The van der Waals surface area contributed by atoms with Crippen LogP contribution in [0.15, 0.2) is 30.6 Å². The molecule has 1 amide bonds. The molecule has 1 aromatic carbocycles. The Kier molecular flexibility index (Phi) is 4.19. The first kappa shape index (κ1) is 13.9. The first-order valence-electron chi connectivity index (χ1n) is 6.03. The van der Waals surface area contributed by atoms with Gasteiger partial charge in [0, 0.05) is 25.4 Å². The fourth-order valence-corrected chi connectivity index (χ4v) is 1.67. The highest BCUT2D eigenvalue weighted by atomic mass is 19.1. The zero-order valence-corrected chi connectivity index (χ0v) is 10.9. The molecule has 20 heavy (non-hydrogen) atoms. The largest absolute Gasteiger partial charge is 0.505 e. The number of phenols is 1. The molecular formula is C13H15FN4O2. The van der Waals surface area contributed by atoms with E-state index in [9.17, 15) is 14.3 Å². The van der Waals surface area contributed by atoms with E-state index in [1.54, 1.807) is 25.5 Å². The first-order valence-corrected chi connectivity index (χ1v) is 6.03. The molecule has 0 saturated carbocycles. The number of phenolic OH excluding ortho intramolecular Hbond substituents is 1. The van der Waals surface area contributed by atoms with Gasteiger partial charge in [-0.1, -0.05) is 12.1 Å². The summed E-state index contributed by atoms with van der Waals surface area (Å²) in [4.78, 5) is 11.2. The lowest BCUT2D eigenvalue weighted by atomic mass is 10.2. The second-order valence-corrected chi connectivity index (χ2v) is 4.20. The van der Waals surface area contributed by atoms with Crippen LogP contribution in [0.5, 0.6) is 5.75 Å². The van der Waals surface area contributed by atoms with Crippen molar-refractivity contribution in [1.29, 1.82) is 0 Å². The lowest BCUT2D eigenvalue weighted by Gasteiger charge is -2.06. The maximum atomic E-state index is 13.2. The molecule has 2 aromatic rings. The van der Waals surface area contributed by atoms with Crippen LogP contribution in [0.4, 0.5) is 10.1 Å². The van der Waals surface area contributed by atoms with Crippen LogP contribution in [0.3, 0.4) is 0 Å². The lowest BCUT2D eigenvalue weighted by Crippen LogP contribution is -2.23. The Balaban J connectivity index is 1.97. The number of aromatic nitrogens is 2. The van der Waals surface area contributed by atoms with Crippen LogP contribution in [0.1, 0.15) is 5.56 Å². The van der Waals surface area contributed by atoms with Gasteiger partial charge in [0.2, 0.25) is 5.91 Å². The topological polar surface area (TPSA) is 79.2 Å². The zero-order valence-electron chi connectivity index (χ0n) is 10.9. The minimum atomic E-state index is -0.653. The molecule has 0 aliphatic carbocycles. The maximum Gasteiger partial charge on any atom is 0.241 e. The molecule has 6 nitrogen and oxygen atoms in total. The fraction of sp³-hybridized carbons (Fsp3) is 0.231. The number of anilines is 1. The second kappa shape index (κ2) is 6.05. The number of amides is 1. The van der Waals surface area contributed by atoms with Crippen LogP contribution >= 0.6 is 0 Å². The zero-order chi connectivity index (χ0) is 14.5. The van der Waals surface area contributed by atoms with Gasteiger partial charge >= 0.3 is 0 Å². The maximum absolute atomic E-state index is 13.2. The number of carbonyl (C=O) groups excluding carboxylic acids is 1. The molecule has 0 aliphatic rings. The smallest absolute Gasteiger partial charge is 0.241 e. The van der Waals surface area contributed by atoms with Crippen molar-refractivity contribution in [3.63, 3.8) is 0 Å². The number of nitrogens with zero attached hydrogens (tertiary/aromatic N) is 2. The number of aromatic hydroxyl groups is 1. The normalized spacial score (nSPS) is 10.3. The van der Waals surface area contributed by atoms with Gasteiger partial charge in [0.25, 0.3) is 0 Å². The quantitative estimate of drug-likeness (QED) is 0.765. The minimum Gasteiger partial charge on any atom is -0.505 e. The summed E-state index contributed by atoms with van der Waals surface area (Å²) in [5, 5.41) is 19.1. The molecule has 0 aliphatic heterocycles. The van der Waals surface area contributed by atoms with Crippen LogP contribution < -0.4 is 10.6 Å². The number of para-hydroxylation sites is 1. The number of likely N-dealkylation sites (N-methyl/N-ethyl adjacent to an activating group) is 1. The van der Waals surface area contributed by atoms with Crippen molar-refractivity contribution >= 4 is 11.6 Å². The lowest BCUT2D eigenvalue weighted by molar-refractivity contribution is -0.121. The Labute approximate surface area is 115 Å². The molecule has 0 radical (unpaired) electrons. The summed E-state index contributed by atoms with van der Waals surface area (Å²) >= 11 is 0. The average Bonchev–Trinajstić information content (AvgIpc) is 2.88. The Morgan fingerprint density at radius 1 is 1.50 bits per heavy atom. The summed E-state index contributed by atoms with van der Waals surface area (Å²) in [6.45, 7) is 0.388. The number of nitrogens with one attached hydrogen (secondary N) is 2. The van der Waals surface area contributed by atoms with Crippen LogP contribution in [-0.4, -0.2) is 27.8 Å². The second-order valence-electron chi connectivity index (χ2n) is 4.20. The predicted octanol–water partition coefficient (Wildman–Crippen LogP) is 1.09. The number of halogens is 1. The number of rotatable bonds is 5. The van der Waals surface area contributed by atoms with Gasteiger partial charge in [0.1, 0.15) is 6.54 Å². The minimum absolute atomic E-state index is 0.128. The summed E-state index contributed by atoms with van der Waals surface area (Å²) in [6, 6.07) is 4.35. The predicted molar refractivity (Wildman–Crippen MR) is 71.7 cm³/mol. The first-order chi connectivity index (χ1) is 9.60. The van der Waals surface area contributed by atoms with Crippen molar-refractivity contribution in [1.82, 2.24) is 15.1 Å². The molecule has 3 N–H and O–H groups in total. The molecule has 0 bridgehead atoms. The highest BCUT2D eigenvalue weighted by Gasteiger charge is 2.07. The van der Waals surface area contributed by atoms with Gasteiger partial charge in [-0.15, -0.1) is 0 Å². The van der Waals surface area contributed by atoms with E-state index in [0.717, 1.165) is 0 Å². The van der Waals surface area contributed by atoms with Crippen molar-refractivity contribution < 1.29 is 14.3 Å². The molecule has 0 spiro atoms. The van der Waals surface area contributed by atoms with Gasteiger partial charge in [-0.2, -0.15) is 5.10 Å². The summed E-state index contributed by atoms with van der Waals surface area (Å²) < 4.78 is 14.6. The van der Waals surface area contributed by atoms with Crippen LogP contribution in [0.25, 0.3) is 0 Å². The van der Waals surface area contributed by atoms with Gasteiger partial charge in [-0.05, 0) is 6.07 Å². The highest BCUT2D eigenvalue weighted by molar-refractivity contribution is 5.75. The third kappa shape index (κ3) is 3.25. The van der Waals surface area contributed by atoms with Crippen molar-refractivity contribution in [2.75, 3.05) is 12.4 Å². The molecule has 2 rings (SSSR count). The van der Waals surface area contributed by atoms with Crippen molar-refractivity contribution in [2.45, 2.75) is 13.1 Å². The number of carbonyl (C=O) groups is 1. The summed E-state index contributed by atoms with van der Waals surface area (Å²) in [6.07, 6.45) is 3.21. The summed E-state index contributed by atoms with van der Waals surface area (Å²) in [5.74, 6) is -1.17. The van der Waals surface area contributed by atoms with E-state index in [-0.39, 0.29) is 24.7 Å². The Hall–Kier alpha value is -2.57. The van der Waals surface area contributed by atoms with Crippen molar-refractivity contribution in [2.24, 2.45) is 0 Å². The third-order valence-electron chi connectivity index (χ3n) is 2.77. The van der Waals surface area contributed by atoms with Crippen molar-refractivity contribution in [3.05, 3.63) is 42.0 Å². The highest BCUT2D eigenvalue weighted by Crippen LogP contribution is 2.21. The standard InChI is InChI=1S/C13H15FN4O2/c1-15-12(19)8-18-7-10(6-17-18)16-5-9-3-2-4-11(14)13(9)20/h2-4,6-7,16,20H,5,8H2,1H3,(H,15,19). The van der Waals surface area contributed by atoms with Gasteiger partial charge in [0.15, 0.2) is 11.6 Å². The Morgan fingerprint density at radius 2 is 2.30 bits per heavy atom. The van der Waals surface area contributed by atoms with Gasteiger partial charge in [-0.25, -0.2) is 4.39 Å². The molecule has 1 heterocycles. The van der Waals surface area contributed by atoms with E-state index in [0.29, 0.717) is 11.3 Å². The molecular weight excluding hydrogens is 263 g/mol. The van der Waals surface area contributed by atoms with Gasteiger partial charge in [0.05, 0.1) is 11.9 Å². The molecule has 0 saturated heterocycles. The summed E-state index contributed by atoms with van der Waals surface area (Å²) in [5.41, 5.74) is 1.13. The number of hydrogen-bond acceptors (Lipinski definition) is 4. The van der Waals surface area contributed by atoms with Crippen LogP contribution in [-0.2, 0) is 17.9 Å². The molecule has 0 atom stereocenters. The van der Waals surface area contributed by atoms with E-state index in [1.807, 2.05) is 0 Å². The summed E-state index contributed by atoms with van der Waals surface area (Å²) in [7, 11) is 1.55. The monoisotopic (exact) mass is 278 g/mol. The average molecular weight is 278 g/mol. The Morgan fingerprint density at radius 3 is 3.05 bits per heavy atom. The Bertz CT molecular complexity index is 612. The molecule has 106 valence electrons. The van der Waals surface area contributed by atoms with E-state index in [1.165, 1.54) is 16.8 Å². The van der Waals surface area contributed by atoms with Gasteiger partial charge in [-0.3, -0.25) is 9.48 Å². The fourth-order valence-electron chi connectivity index (χ4n) is 1.67. The van der Waals surface area contributed by atoms with E-state index >= 15 is 0 Å². The molecule has 0 fully saturated rings. The van der Waals surface area contributed by atoms with E-state index < -0.39 is 5.82 Å². The van der Waals surface area contributed by atoms with E-state index in [2.05, 4.69) is 15.7 Å².